The van der Waals surface area contributed by atoms with Crippen LogP contribution in [0.15, 0.2) is 0 Å². The van der Waals surface area contributed by atoms with Crippen molar-refractivity contribution in [3.05, 3.63) is 0 Å². The molecule has 0 spiro atoms. The summed E-state index contributed by atoms with van der Waals surface area (Å²) in [4.78, 5) is 0. The second-order valence-electron chi connectivity index (χ2n) is 5.02. The van der Waals surface area contributed by atoms with Crippen LogP contribution in [0.3, 0.4) is 0 Å². The van der Waals surface area contributed by atoms with E-state index in [1.807, 2.05) is 6.92 Å². The van der Waals surface area contributed by atoms with Gasteiger partial charge >= 0.3 is 0 Å². The Morgan fingerprint density at radius 1 is 0.944 bits per heavy atom. The van der Waals surface area contributed by atoms with Crippen LogP contribution in [-0.4, -0.2) is 29.4 Å². The van der Waals surface area contributed by atoms with Crippen molar-refractivity contribution in [2.75, 3.05) is 0 Å². The number of aliphatic hydroxyl groups is 1. The van der Waals surface area contributed by atoms with Crippen LogP contribution in [0.1, 0.15) is 71.6 Å². The van der Waals surface area contributed by atoms with Crippen LogP contribution >= 0.6 is 0 Å². The van der Waals surface area contributed by atoms with Gasteiger partial charge in [0.05, 0.1) is 11.4 Å². The first-order chi connectivity index (χ1) is 8.41. The fraction of sp³-hybridized carbons (Fsp3) is 1.00. The fourth-order valence-corrected chi connectivity index (χ4v) is 3.11. The molecule has 0 aromatic heterocycles. The molecule has 0 bridgehead atoms. The highest BCUT2D eigenvalue weighted by molar-refractivity contribution is 7.86. The van der Waals surface area contributed by atoms with E-state index >= 15 is 0 Å². The van der Waals surface area contributed by atoms with E-state index in [9.17, 15) is 13.5 Å². The van der Waals surface area contributed by atoms with Gasteiger partial charge in [-0.2, -0.15) is 8.42 Å². The largest absolute Gasteiger partial charge is 0.393 e. The topological polar surface area (TPSA) is 74.6 Å². The Hall–Kier alpha value is -0.130. The van der Waals surface area contributed by atoms with Crippen molar-refractivity contribution in [3.63, 3.8) is 0 Å². The monoisotopic (exact) mass is 280 g/mol. The van der Waals surface area contributed by atoms with Crippen molar-refractivity contribution in [2.24, 2.45) is 0 Å². The van der Waals surface area contributed by atoms with Gasteiger partial charge in [0.25, 0.3) is 10.1 Å². The zero-order chi connectivity index (χ0) is 14.0. The Bertz CT molecular complexity index is 287. The van der Waals surface area contributed by atoms with Crippen molar-refractivity contribution in [2.45, 2.75) is 83.0 Å². The Balaban J connectivity index is 3.92. The molecule has 4 nitrogen and oxygen atoms in total. The van der Waals surface area contributed by atoms with Gasteiger partial charge in [-0.3, -0.25) is 4.55 Å². The van der Waals surface area contributed by atoms with E-state index in [1.54, 1.807) is 0 Å². The summed E-state index contributed by atoms with van der Waals surface area (Å²) in [6.45, 7) is 4.02. The molecule has 2 unspecified atom stereocenters. The number of unbranched alkanes of at least 4 members (excludes halogenated alkanes) is 4. The van der Waals surface area contributed by atoms with Gasteiger partial charge in [0, 0.05) is 0 Å². The summed E-state index contributed by atoms with van der Waals surface area (Å²) in [5.74, 6) is 0. The van der Waals surface area contributed by atoms with Gasteiger partial charge in [-0.1, -0.05) is 52.4 Å². The SMILES string of the molecule is CCCCCCCC(O)CC(CCC)S(=O)(=O)O. The van der Waals surface area contributed by atoms with Crippen molar-refractivity contribution >= 4 is 10.1 Å². The van der Waals surface area contributed by atoms with E-state index in [4.69, 9.17) is 4.55 Å². The van der Waals surface area contributed by atoms with Crippen LogP contribution in [0.2, 0.25) is 0 Å². The van der Waals surface area contributed by atoms with Crippen LogP contribution in [0.4, 0.5) is 0 Å². The highest BCUT2D eigenvalue weighted by atomic mass is 32.2. The van der Waals surface area contributed by atoms with Gasteiger partial charge in [0.15, 0.2) is 0 Å². The van der Waals surface area contributed by atoms with Crippen molar-refractivity contribution < 1.29 is 18.1 Å². The maximum Gasteiger partial charge on any atom is 0.267 e. The molecule has 5 heteroatoms. The van der Waals surface area contributed by atoms with Crippen molar-refractivity contribution in [1.29, 1.82) is 0 Å². The van der Waals surface area contributed by atoms with Gasteiger partial charge in [0.2, 0.25) is 0 Å². The lowest BCUT2D eigenvalue weighted by Crippen LogP contribution is -2.26. The first kappa shape index (κ1) is 17.9. The number of aliphatic hydroxyl groups excluding tert-OH is 1. The molecule has 0 radical (unpaired) electrons. The molecule has 110 valence electrons. The van der Waals surface area contributed by atoms with Crippen LogP contribution in [0.25, 0.3) is 0 Å². The molecule has 0 heterocycles. The van der Waals surface area contributed by atoms with Crippen molar-refractivity contribution in [3.8, 4) is 0 Å². The van der Waals surface area contributed by atoms with E-state index in [2.05, 4.69) is 6.92 Å². The third kappa shape index (κ3) is 8.89. The first-order valence-electron chi connectivity index (χ1n) is 7.06. The minimum absolute atomic E-state index is 0.153. The van der Waals surface area contributed by atoms with Crippen LogP contribution in [-0.2, 0) is 10.1 Å². The maximum absolute atomic E-state index is 11.1. The standard InChI is InChI=1S/C13H28O4S/c1-3-5-6-7-8-10-12(14)11-13(9-4-2)18(15,16)17/h12-14H,3-11H2,1-2H3,(H,15,16,17). The van der Waals surface area contributed by atoms with Gasteiger partial charge in [-0.05, 0) is 19.3 Å². The smallest absolute Gasteiger partial charge is 0.267 e. The summed E-state index contributed by atoms with van der Waals surface area (Å²) in [6, 6.07) is 0. The van der Waals surface area contributed by atoms with E-state index in [0.29, 0.717) is 19.3 Å². The second-order valence-corrected chi connectivity index (χ2v) is 6.71. The molecular formula is C13H28O4S. The predicted octanol–water partition coefficient (Wildman–Crippen LogP) is 3.15. The van der Waals surface area contributed by atoms with Crippen molar-refractivity contribution in [1.82, 2.24) is 0 Å². The lowest BCUT2D eigenvalue weighted by molar-refractivity contribution is 0.147. The summed E-state index contributed by atoms with van der Waals surface area (Å²) < 4.78 is 31.3. The third-order valence-electron chi connectivity index (χ3n) is 3.21. The Kier molecular flexibility index (Phi) is 9.68. The molecule has 0 saturated heterocycles. The minimum Gasteiger partial charge on any atom is -0.393 e. The highest BCUT2D eigenvalue weighted by Gasteiger charge is 2.24. The molecule has 0 aromatic carbocycles. The zero-order valence-electron chi connectivity index (χ0n) is 11.6. The Morgan fingerprint density at radius 3 is 2.06 bits per heavy atom. The van der Waals surface area contributed by atoms with Gasteiger partial charge in [-0.15, -0.1) is 0 Å². The summed E-state index contributed by atoms with van der Waals surface area (Å²) in [5, 5.41) is 8.98. The Labute approximate surface area is 112 Å². The average molecular weight is 280 g/mol. The fourth-order valence-electron chi connectivity index (χ4n) is 2.12. The van der Waals surface area contributed by atoms with Gasteiger partial charge in [0.1, 0.15) is 0 Å². The maximum atomic E-state index is 11.1. The highest BCUT2D eigenvalue weighted by Crippen LogP contribution is 2.17. The van der Waals surface area contributed by atoms with E-state index in [-0.39, 0.29) is 6.42 Å². The van der Waals surface area contributed by atoms with E-state index in [0.717, 1.165) is 12.8 Å². The molecule has 0 aliphatic rings. The molecule has 2 N–H and O–H groups in total. The quantitative estimate of drug-likeness (QED) is 0.450. The first-order valence-corrected chi connectivity index (χ1v) is 8.56. The molecule has 0 amide bonds. The molecule has 0 saturated carbocycles. The summed E-state index contributed by atoms with van der Waals surface area (Å²) in [7, 11) is -4.02. The van der Waals surface area contributed by atoms with E-state index in [1.165, 1.54) is 19.3 Å². The van der Waals surface area contributed by atoms with Gasteiger partial charge in [-0.25, -0.2) is 0 Å². The van der Waals surface area contributed by atoms with Crippen LogP contribution < -0.4 is 0 Å². The average Bonchev–Trinajstić information content (AvgIpc) is 2.27. The molecule has 0 fully saturated rings. The summed E-state index contributed by atoms with van der Waals surface area (Å²) in [6.07, 6.45) is 6.81. The second kappa shape index (κ2) is 9.75. The number of hydrogen-bond donors (Lipinski definition) is 2. The Morgan fingerprint density at radius 2 is 1.56 bits per heavy atom. The summed E-state index contributed by atoms with van der Waals surface area (Å²) in [5.41, 5.74) is 0. The molecule has 0 aromatic rings. The lowest BCUT2D eigenvalue weighted by Gasteiger charge is -2.17. The lowest BCUT2D eigenvalue weighted by atomic mass is 10.0. The zero-order valence-corrected chi connectivity index (χ0v) is 12.5. The third-order valence-corrected chi connectivity index (χ3v) is 4.48. The van der Waals surface area contributed by atoms with Gasteiger partial charge < -0.3 is 5.11 Å². The minimum atomic E-state index is -4.02. The molecule has 2 atom stereocenters. The predicted molar refractivity (Wildman–Crippen MR) is 74.2 cm³/mol. The molecule has 0 rings (SSSR count). The number of rotatable bonds is 11. The van der Waals surface area contributed by atoms with Crippen LogP contribution in [0.5, 0.6) is 0 Å². The normalized spacial score (nSPS) is 15.6. The molecule has 0 aliphatic carbocycles. The summed E-state index contributed by atoms with van der Waals surface area (Å²) >= 11 is 0. The molecule has 18 heavy (non-hydrogen) atoms. The van der Waals surface area contributed by atoms with Crippen LogP contribution in [0, 0.1) is 0 Å². The number of hydrogen-bond acceptors (Lipinski definition) is 3. The molecule has 0 aliphatic heterocycles. The molecular weight excluding hydrogens is 252 g/mol. The van der Waals surface area contributed by atoms with E-state index < -0.39 is 21.5 Å².